The van der Waals surface area contributed by atoms with Crippen LogP contribution in [0.4, 0.5) is 0 Å². The molecule has 0 saturated heterocycles. The van der Waals surface area contributed by atoms with Gasteiger partial charge in [-0.05, 0) is 18.6 Å². The highest BCUT2D eigenvalue weighted by Crippen LogP contribution is 2.16. The lowest BCUT2D eigenvalue weighted by Crippen LogP contribution is -2.01. The van der Waals surface area contributed by atoms with Gasteiger partial charge in [-0.3, -0.25) is 0 Å². The first kappa shape index (κ1) is 34.9. The van der Waals surface area contributed by atoms with Crippen LogP contribution in [-0.4, -0.2) is 11.7 Å². The first-order valence-corrected chi connectivity index (χ1v) is 16.9. The van der Waals surface area contributed by atoms with E-state index >= 15 is 0 Å². The normalized spacial score (nSPS) is 11.3. The van der Waals surface area contributed by atoms with E-state index in [-0.39, 0.29) is 0 Å². The average molecular weight is 511 g/mol. The second-order valence-electron chi connectivity index (χ2n) is 11.1. The van der Waals surface area contributed by atoms with E-state index < -0.39 is 0 Å². The van der Waals surface area contributed by atoms with Gasteiger partial charge in [0.15, 0.2) is 5.05 Å². The number of hydrogen-bond acceptors (Lipinski definition) is 2. The number of ether oxygens (including phenoxy) is 1. The molecule has 0 fully saturated rings. The topological polar surface area (TPSA) is 9.23 Å². The van der Waals surface area contributed by atoms with Crippen molar-refractivity contribution in [3.63, 3.8) is 0 Å². The van der Waals surface area contributed by atoms with Crippen LogP contribution in [0, 0.1) is 0 Å². The molecule has 0 heterocycles. The Bertz CT molecular complexity index is 395. The van der Waals surface area contributed by atoms with Crippen molar-refractivity contribution in [3.05, 3.63) is 0 Å². The van der Waals surface area contributed by atoms with Gasteiger partial charge in [-0.15, -0.1) is 0 Å². The Balaban J connectivity index is 3.02. The fourth-order valence-electron chi connectivity index (χ4n) is 5.06. The van der Waals surface area contributed by atoms with E-state index in [1.54, 1.807) is 0 Å². The van der Waals surface area contributed by atoms with Crippen LogP contribution >= 0.6 is 12.2 Å². The van der Waals surface area contributed by atoms with E-state index in [2.05, 4.69) is 13.8 Å². The van der Waals surface area contributed by atoms with E-state index in [9.17, 15) is 0 Å². The van der Waals surface area contributed by atoms with E-state index in [1.807, 2.05) is 0 Å². The maximum atomic E-state index is 5.48. The molecular formula is C33H66OS. The molecule has 0 aliphatic carbocycles. The molecule has 0 unspecified atom stereocenters. The molecule has 2 heteroatoms. The molecule has 0 aliphatic heterocycles. The third-order valence-electron chi connectivity index (χ3n) is 7.55. The summed E-state index contributed by atoms with van der Waals surface area (Å²) in [6.07, 6.45) is 41.3. The first-order valence-electron chi connectivity index (χ1n) is 16.5. The highest BCUT2D eigenvalue weighted by atomic mass is 32.1. The highest BCUT2D eigenvalue weighted by Gasteiger charge is 1.97. The van der Waals surface area contributed by atoms with Gasteiger partial charge in [0.2, 0.25) is 0 Å². The van der Waals surface area contributed by atoms with Crippen molar-refractivity contribution in [1.29, 1.82) is 0 Å². The Morgan fingerprint density at radius 1 is 0.371 bits per heavy atom. The quantitative estimate of drug-likeness (QED) is 0.0701. The van der Waals surface area contributed by atoms with Crippen molar-refractivity contribution in [2.75, 3.05) is 6.61 Å². The van der Waals surface area contributed by atoms with E-state index in [0.29, 0.717) is 0 Å². The van der Waals surface area contributed by atoms with Gasteiger partial charge in [0.25, 0.3) is 0 Å². The Morgan fingerprint density at radius 3 is 0.829 bits per heavy atom. The van der Waals surface area contributed by atoms with Gasteiger partial charge in [0.1, 0.15) is 0 Å². The SMILES string of the molecule is CCCCCCCCCCCCCCCCCCCCCCCCCCCCCCOC(=S)CC. The molecule has 0 aromatic carbocycles. The number of thiocarbonyl (C=S) groups is 1. The summed E-state index contributed by atoms with van der Waals surface area (Å²) >= 11 is 5.08. The summed E-state index contributed by atoms with van der Waals surface area (Å²) < 4.78 is 5.48. The van der Waals surface area contributed by atoms with E-state index in [0.717, 1.165) is 18.1 Å². The van der Waals surface area contributed by atoms with Gasteiger partial charge in [0.05, 0.1) is 6.61 Å². The van der Waals surface area contributed by atoms with Crippen molar-refractivity contribution in [1.82, 2.24) is 0 Å². The van der Waals surface area contributed by atoms with Crippen molar-refractivity contribution < 1.29 is 4.74 Å². The summed E-state index contributed by atoms with van der Waals surface area (Å²) in [5.74, 6) is 0. The molecule has 1 nitrogen and oxygen atoms in total. The van der Waals surface area contributed by atoms with Crippen molar-refractivity contribution in [2.45, 2.75) is 200 Å². The number of rotatable bonds is 30. The van der Waals surface area contributed by atoms with Crippen LogP contribution < -0.4 is 0 Å². The summed E-state index contributed by atoms with van der Waals surface area (Å²) in [6, 6.07) is 0. The predicted octanol–water partition coefficient (Wildman–Crippen LogP) is 12.7. The van der Waals surface area contributed by atoms with Crippen LogP contribution in [0.5, 0.6) is 0 Å². The lowest BCUT2D eigenvalue weighted by Gasteiger charge is -2.05. The van der Waals surface area contributed by atoms with Crippen molar-refractivity contribution in [3.8, 4) is 0 Å². The van der Waals surface area contributed by atoms with Crippen LogP contribution in [0.3, 0.4) is 0 Å². The zero-order chi connectivity index (χ0) is 25.5. The number of hydrogen-bond donors (Lipinski definition) is 0. The molecule has 0 bridgehead atoms. The van der Waals surface area contributed by atoms with E-state index in [1.165, 1.54) is 180 Å². The molecule has 210 valence electrons. The van der Waals surface area contributed by atoms with Gasteiger partial charge in [-0.1, -0.05) is 187 Å². The molecule has 0 radical (unpaired) electrons. The zero-order valence-electron chi connectivity index (χ0n) is 24.5. The Labute approximate surface area is 228 Å². The zero-order valence-corrected chi connectivity index (χ0v) is 25.3. The highest BCUT2D eigenvalue weighted by molar-refractivity contribution is 7.80. The molecule has 0 saturated carbocycles. The maximum Gasteiger partial charge on any atom is 0.159 e. The Kier molecular flexibility index (Phi) is 31.8. The predicted molar refractivity (Wildman–Crippen MR) is 164 cm³/mol. The monoisotopic (exact) mass is 510 g/mol. The minimum Gasteiger partial charge on any atom is -0.487 e. The fraction of sp³-hybridized carbons (Fsp3) is 0.970. The van der Waals surface area contributed by atoms with Crippen LogP contribution in [-0.2, 0) is 4.74 Å². The fourth-order valence-corrected chi connectivity index (χ4v) is 5.14. The average Bonchev–Trinajstić information content (AvgIpc) is 2.87. The van der Waals surface area contributed by atoms with Crippen LogP contribution in [0.15, 0.2) is 0 Å². The molecular weight excluding hydrogens is 444 g/mol. The van der Waals surface area contributed by atoms with Gasteiger partial charge in [-0.25, -0.2) is 0 Å². The lowest BCUT2D eigenvalue weighted by molar-refractivity contribution is 0.293. The molecule has 0 atom stereocenters. The third-order valence-corrected chi connectivity index (χ3v) is 7.96. The van der Waals surface area contributed by atoms with Gasteiger partial charge in [-0.2, -0.15) is 0 Å². The van der Waals surface area contributed by atoms with E-state index in [4.69, 9.17) is 17.0 Å². The molecule has 0 amide bonds. The molecule has 0 aromatic rings. The van der Waals surface area contributed by atoms with Crippen LogP contribution in [0.1, 0.15) is 200 Å². The van der Waals surface area contributed by atoms with Crippen LogP contribution in [0.2, 0.25) is 0 Å². The lowest BCUT2D eigenvalue weighted by atomic mass is 10.0. The minimum absolute atomic E-state index is 0.773. The molecule has 0 aromatic heterocycles. The summed E-state index contributed by atoms with van der Waals surface area (Å²) in [7, 11) is 0. The molecule has 0 N–H and O–H groups in total. The van der Waals surface area contributed by atoms with Gasteiger partial charge in [0, 0.05) is 6.42 Å². The minimum atomic E-state index is 0.773. The van der Waals surface area contributed by atoms with Crippen molar-refractivity contribution in [2.24, 2.45) is 0 Å². The number of unbranched alkanes of at least 4 members (excludes halogenated alkanes) is 27. The molecule has 35 heavy (non-hydrogen) atoms. The van der Waals surface area contributed by atoms with Crippen LogP contribution in [0.25, 0.3) is 0 Å². The van der Waals surface area contributed by atoms with Crippen molar-refractivity contribution >= 4 is 17.3 Å². The standard InChI is InChI=1S/C33H66OS/c1-3-5-6-7-8-9-10-11-12-13-14-15-16-17-18-19-20-21-22-23-24-25-26-27-28-29-30-31-32-34-33(35)4-2/h3-32H2,1-2H3. The Hall–Kier alpha value is -0.110. The molecule has 0 rings (SSSR count). The second-order valence-corrected chi connectivity index (χ2v) is 11.6. The van der Waals surface area contributed by atoms with Gasteiger partial charge < -0.3 is 4.74 Å². The second kappa shape index (κ2) is 31.9. The first-order chi connectivity index (χ1) is 17.3. The maximum absolute atomic E-state index is 5.48. The smallest absolute Gasteiger partial charge is 0.159 e. The summed E-state index contributed by atoms with van der Waals surface area (Å²) in [4.78, 5) is 0. The summed E-state index contributed by atoms with van der Waals surface area (Å²) in [6.45, 7) is 5.19. The Morgan fingerprint density at radius 2 is 0.600 bits per heavy atom. The molecule has 0 aliphatic rings. The third kappa shape index (κ3) is 31.9. The largest absolute Gasteiger partial charge is 0.487 e. The molecule has 0 spiro atoms. The summed E-state index contributed by atoms with van der Waals surface area (Å²) in [5.41, 5.74) is 0. The van der Waals surface area contributed by atoms with Gasteiger partial charge >= 0.3 is 0 Å². The summed E-state index contributed by atoms with van der Waals surface area (Å²) in [5, 5.41) is 0.773.